The lowest BCUT2D eigenvalue weighted by molar-refractivity contribution is 0.0600. The van der Waals surface area contributed by atoms with Crippen molar-refractivity contribution < 1.29 is 9.53 Å². The number of methoxy groups -OCH3 is 1. The number of carbonyl (C=O) groups is 1. The molecule has 142 valence electrons. The molecule has 0 saturated heterocycles. The average Bonchev–Trinajstić information content (AvgIpc) is 2.77. The van der Waals surface area contributed by atoms with Crippen LogP contribution in [0.3, 0.4) is 0 Å². The van der Waals surface area contributed by atoms with Crippen molar-refractivity contribution in [2.24, 2.45) is 0 Å². The molecule has 3 nitrogen and oxygen atoms in total. The maximum atomic E-state index is 11.6. The number of ether oxygens (including phenoxy) is 1. The molecule has 0 spiro atoms. The lowest BCUT2D eigenvalue weighted by Crippen LogP contribution is -2.35. The topological polar surface area (TPSA) is 29.5 Å². The fraction of sp³-hybridized carbons (Fsp3) is 0.240. The predicted molar refractivity (Wildman–Crippen MR) is 113 cm³/mol. The molecule has 0 aromatic heterocycles. The molecule has 0 amide bonds. The monoisotopic (exact) mass is 371 g/mol. The summed E-state index contributed by atoms with van der Waals surface area (Å²) in [7, 11) is 1.41. The minimum Gasteiger partial charge on any atom is -0.465 e. The summed E-state index contributed by atoms with van der Waals surface area (Å²) in [6, 6.07) is 27.6. The average molecular weight is 371 g/mol. The van der Waals surface area contributed by atoms with Crippen molar-refractivity contribution in [3.63, 3.8) is 0 Å². The molecule has 4 rings (SSSR count). The van der Waals surface area contributed by atoms with Gasteiger partial charge < -0.3 is 9.64 Å². The molecular formula is C25H25NO2. The van der Waals surface area contributed by atoms with Crippen molar-refractivity contribution in [1.82, 2.24) is 0 Å². The number of benzene rings is 3. The second kappa shape index (κ2) is 8.30. The first-order valence-electron chi connectivity index (χ1n) is 9.83. The van der Waals surface area contributed by atoms with E-state index in [0.29, 0.717) is 11.6 Å². The quantitative estimate of drug-likeness (QED) is 0.577. The molecule has 3 heteroatoms. The van der Waals surface area contributed by atoms with Crippen molar-refractivity contribution in [2.75, 3.05) is 18.6 Å². The molecule has 0 N–H and O–H groups in total. The first kappa shape index (κ1) is 18.3. The Labute approximate surface area is 166 Å². The van der Waals surface area contributed by atoms with E-state index < -0.39 is 0 Å². The third kappa shape index (κ3) is 3.79. The van der Waals surface area contributed by atoms with Crippen LogP contribution in [0.2, 0.25) is 0 Å². The van der Waals surface area contributed by atoms with E-state index in [9.17, 15) is 4.79 Å². The van der Waals surface area contributed by atoms with E-state index in [1.807, 2.05) is 24.3 Å². The SMILES string of the molecule is COC(=O)c1ccc(CCC2c3ccccc3CCN2c2ccccc2)cc1. The molecule has 0 bridgehead atoms. The van der Waals surface area contributed by atoms with Gasteiger partial charge in [-0.25, -0.2) is 4.79 Å². The van der Waals surface area contributed by atoms with Gasteiger partial charge in [-0.3, -0.25) is 0 Å². The van der Waals surface area contributed by atoms with Gasteiger partial charge in [-0.15, -0.1) is 0 Å². The molecule has 3 aromatic carbocycles. The predicted octanol–water partition coefficient (Wildman–Crippen LogP) is 5.21. The number of fused-ring (bicyclic) bond motifs is 1. The Balaban J connectivity index is 1.56. The van der Waals surface area contributed by atoms with E-state index in [-0.39, 0.29) is 5.97 Å². The second-order valence-corrected chi connectivity index (χ2v) is 7.22. The molecule has 28 heavy (non-hydrogen) atoms. The van der Waals surface area contributed by atoms with Crippen molar-refractivity contribution >= 4 is 11.7 Å². The lowest BCUT2D eigenvalue weighted by Gasteiger charge is -2.39. The summed E-state index contributed by atoms with van der Waals surface area (Å²) >= 11 is 0. The van der Waals surface area contributed by atoms with Crippen LogP contribution in [-0.2, 0) is 17.6 Å². The van der Waals surface area contributed by atoms with Crippen LogP contribution in [0, 0.1) is 0 Å². The van der Waals surface area contributed by atoms with Gasteiger partial charge in [-0.2, -0.15) is 0 Å². The number of aryl methyl sites for hydroxylation is 1. The zero-order chi connectivity index (χ0) is 19.3. The molecule has 1 unspecified atom stereocenters. The number of hydrogen-bond acceptors (Lipinski definition) is 3. The Bertz CT molecular complexity index is 934. The molecule has 3 aromatic rings. The van der Waals surface area contributed by atoms with Gasteiger partial charge in [0, 0.05) is 12.2 Å². The van der Waals surface area contributed by atoms with Crippen LogP contribution in [0.1, 0.15) is 39.5 Å². The number of para-hydroxylation sites is 1. The van der Waals surface area contributed by atoms with E-state index in [1.165, 1.54) is 29.5 Å². The highest BCUT2D eigenvalue weighted by Gasteiger charge is 2.27. The first-order valence-corrected chi connectivity index (χ1v) is 9.83. The molecule has 1 aliphatic rings. The third-order valence-corrected chi connectivity index (χ3v) is 5.58. The highest BCUT2D eigenvalue weighted by molar-refractivity contribution is 5.89. The Morgan fingerprint density at radius 1 is 0.964 bits per heavy atom. The Morgan fingerprint density at radius 2 is 1.68 bits per heavy atom. The van der Waals surface area contributed by atoms with Gasteiger partial charge in [0.05, 0.1) is 18.7 Å². The Kier molecular flexibility index (Phi) is 5.43. The second-order valence-electron chi connectivity index (χ2n) is 7.22. The van der Waals surface area contributed by atoms with Gasteiger partial charge in [0.1, 0.15) is 0 Å². The number of esters is 1. The largest absolute Gasteiger partial charge is 0.465 e. The minimum atomic E-state index is -0.289. The Hall–Kier alpha value is -3.07. The molecule has 1 heterocycles. The van der Waals surface area contributed by atoms with Gasteiger partial charge in [0.2, 0.25) is 0 Å². The zero-order valence-electron chi connectivity index (χ0n) is 16.2. The van der Waals surface area contributed by atoms with Crippen LogP contribution in [0.15, 0.2) is 78.9 Å². The molecule has 0 aliphatic carbocycles. The molecule has 1 aliphatic heterocycles. The molecule has 1 atom stereocenters. The molecule has 0 radical (unpaired) electrons. The van der Waals surface area contributed by atoms with Crippen LogP contribution in [0.25, 0.3) is 0 Å². The number of carbonyl (C=O) groups excluding carboxylic acids is 1. The zero-order valence-corrected chi connectivity index (χ0v) is 16.2. The van der Waals surface area contributed by atoms with E-state index in [2.05, 4.69) is 59.5 Å². The van der Waals surface area contributed by atoms with E-state index >= 15 is 0 Å². The van der Waals surface area contributed by atoms with Crippen LogP contribution < -0.4 is 4.90 Å². The number of anilines is 1. The fourth-order valence-electron chi connectivity index (χ4n) is 4.12. The van der Waals surface area contributed by atoms with Crippen LogP contribution in [0.5, 0.6) is 0 Å². The lowest BCUT2D eigenvalue weighted by atomic mass is 9.88. The molecule has 0 fully saturated rings. The van der Waals surface area contributed by atoms with E-state index in [1.54, 1.807) is 0 Å². The van der Waals surface area contributed by atoms with Gasteiger partial charge in [0.15, 0.2) is 0 Å². The standard InChI is InChI=1S/C25H25NO2/c1-28-25(27)21-14-11-19(12-15-21)13-16-24-23-10-6-5-7-20(23)17-18-26(24)22-8-3-2-4-9-22/h2-12,14-15,24H,13,16-18H2,1H3. The van der Waals surface area contributed by atoms with Crippen molar-refractivity contribution in [3.05, 3.63) is 101 Å². The first-order chi connectivity index (χ1) is 13.8. The summed E-state index contributed by atoms with van der Waals surface area (Å²) in [5, 5.41) is 0. The maximum Gasteiger partial charge on any atom is 0.337 e. The van der Waals surface area contributed by atoms with Crippen molar-refractivity contribution in [2.45, 2.75) is 25.3 Å². The molecule has 0 saturated carbocycles. The van der Waals surface area contributed by atoms with Crippen LogP contribution >= 0.6 is 0 Å². The highest BCUT2D eigenvalue weighted by Crippen LogP contribution is 2.36. The fourth-order valence-corrected chi connectivity index (χ4v) is 4.12. The summed E-state index contributed by atoms with van der Waals surface area (Å²) in [6.07, 6.45) is 3.07. The van der Waals surface area contributed by atoms with Crippen LogP contribution in [0.4, 0.5) is 5.69 Å². The van der Waals surface area contributed by atoms with Crippen molar-refractivity contribution in [3.8, 4) is 0 Å². The number of hydrogen-bond donors (Lipinski definition) is 0. The molecular weight excluding hydrogens is 346 g/mol. The summed E-state index contributed by atoms with van der Waals surface area (Å²) in [4.78, 5) is 14.2. The normalized spacial score (nSPS) is 15.8. The van der Waals surface area contributed by atoms with Gasteiger partial charge in [0.25, 0.3) is 0 Å². The van der Waals surface area contributed by atoms with E-state index in [4.69, 9.17) is 4.74 Å². The third-order valence-electron chi connectivity index (χ3n) is 5.58. The van der Waals surface area contributed by atoms with Gasteiger partial charge >= 0.3 is 5.97 Å². The maximum absolute atomic E-state index is 11.6. The smallest absolute Gasteiger partial charge is 0.337 e. The number of rotatable bonds is 5. The van der Waals surface area contributed by atoms with E-state index in [0.717, 1.165) is 25.8 Å². The summed E-state index contributed by atoms with van der Waals surface area (Å²) in [5.41, 5.74) is 6.01. The van der Waals surface area contributed by atoms with Crippen LogP contribution in [-0.4, -0.2) is 19.6 Å². The summed E-state index contributed by atoms with van der Waals surface area (Å²) in [6.45, 7) is 1.03. The van der Waals surface area contributed by atoms with Gasteiger partial charge in [-0.05, 0) is 60.2 Å². The van der Waals surface area contributed by atoms with Gasteiger partial charge in [-0.1, -0.05) is 54.6 Å². The Morgan fingerprint density at radius 3 is 2.43 bits per heavy atom. The minimum absolute atomic E-state index is 0.289. The van der Waals surface area contributed by atoms with Crippen molar-refractivity contribution in [1.29, 1.82) is 0 Å². The summed E-state index contributed by atoms with van der Waals surface area (Å²) in [5.74, 6) is -0.289. The highest BCUT2D eigenvalue weighted by atomic mass is 16.5. The number of nitrogens with zero attached hydrogens (tertiary/aromatic N) is 1. The summed E-state index contributed by atoms with van der Waals surface area (Å²) < 4.78 is 4.79.